The van der Waals surface area contributed by atoms with Crippen molar-refractivity contribution in [3.63, 3.8) is 0 Å². The van der Waals surface area contributed by atoms with Crippen molar-refractivity contribution in [3.8, 4) is 22.8 Å². The van der Waals surface area contributed by atoms with Crippen LogP contribution in [0.15, 0.2) is 41.4 Å². The molecular weight excluding hydrogens is 547 g/mol. The van der Waals surface area contributed by atoms with Crippen molar-refractivity contribution in [2.45, 2.75) is 30.9 Å². The first kappa shape index (κ1) is 28.3. The number of aliphatic imine (C=N–C) groups is 1. The van der Waals surface area contributed by atoms with Crippen molar-refractivity contribution in [3.05, 3.63) is 70.4 Å². The van der Waals surface area contributed by atoms with Crippen LogP contribution in [0.2, 0.25) is 0 Å². The lowest BCUT2D eigenvalue weighted by Crippen LogP contribution is -2.30. The number of halogens is 5. The molecule has 1 amide bonds. The second kappa shape index (κ2) is 11.0. The van der Waals surface area contributed by atoms with Gasteiger partial charge >= 0.3 is 6.18 Å². The van der Waals surface area contributed by atoms with Gasteiger partial charge in [0.1, 0.15) is 29.7 Å². The van der Waals surface area contributed by atoms with Gasteiger partial charge in [0.15, 0.2) is 11.6 Å². The Morgan fingerprint density at radius 3 is 2.61 bits per heavy atom. The second-order valence-electron chi connectivity index (χ2n) is 10.1. The van der Waals surface area contributed by atoms with Gasteiger partial charge in [-0.25, -0.2) is 13.8 Å². The molecule has 2 atom stereocenters. The molecule has 41 heavy (non-hydrogen) atoms. The third kappa shape index (κ3) is 5.68. The highest BCUT2D eigenvalue weighted by atomic mass is 19.4. The highest BCUT2D eigenvalue weighted by molar-refractivity contribution is 5.99. The number of alkyl halides is 3. The molecule has 1 unspecified atom stereocenters. The molecule has 1 saturated carbocycles. The first-order valence-electron chi connectivity index (χ1n) is 12.9. The fourth-order valence-corrected chi connectivity index (χ4v) is 5.05. The summed E-state index contributed by atoms with van der Waals surface area (Å²) in [5.41, 5.74) is 7.40. The third-order valence-corrected chi connectivity index (χ3v) is 7.36. The summed E-state index contributed by atoms with van der Waals surface area (Å²) < 4.78 is 80.2. The number of hydrogen-bond donors (Lipinski definition) is 2. The van der Waals surface area contributed by atoms with E-state index in [9.17, 15) is 26.7 Å². The van der Waals surface area contributed by atoms with Gasteiger partial charge < -0.3 is 20.5 Å². The zero-order chi connectivity index (χ0) is 29.5. The molecular formula is C29H27F5N4O3. The number of nitrogens with zero attached hydrogens (tertiary/aromatic N) is 2. The van der Waals surface area contributed by atoms with Crippen LogP contribution >= 0.6 is 0 Å². The third-order valence-electron chi connectivity index (χ3n) is 7.36. The van der Waals surface area contributed by atoms with Gasteiger partial charge in [0.05, 0.1) is 12.8 Å². The number of ether oxygens (including phenoxy) is 2. The van der Waals surface area contributed by atoms with E-state index in [2.05, 4.69) is 15.3 Å². The number of nitrogen functional groups attached to an aromatic ring is 1. The number of amides is 1. The van der Waals surface area contributed by atoms with Crippen molar-refractivity contribution in [2.24, 2.45) is 10.9 Å². The lowest BCUT2D eigenvalue weighted by Gasteiger charge is -2.21. The van der Waals surface area contributed by atoms with Gasteiger partial charge in [0.25, 0.3) is 5.91 Å². The summed E-state index contributed by atoms with van der Waals surface area (Å²) >= 11 is 0. The Morgan fingerprint density at radius 1 is 1.22 bits per heavy atom. The summed E-state index contributed by atoms with van der Waals surface area (Å²) in [5, 5.41) is 2.86. The van der Waals surface area contributed by atoms with Crippen LogP contribution in [0.3, 0.4) is 0 Å². The number of anilines is 1. The fraction of sp³-hybridized carbons (Fsp3) is 0.345. The van der Waals surface area contributed by atoms with Crippen LogP contribution < -0.4 is 20.5 Å². The number of carbonyl (C=O) groups is 1. The molecule has 2 aliphatic rings. The predicted octanol–water partition coefficient (Wildman–Crippen LogP) is 5.63. The smallest absolute Gasteiger partial charge is 0.399 e. The van der Waals surface area contributed by atoms with Crippen molar-refractivity contribution in [1.29, 1.82) is 0 Å². The first-order chi connectivity index (χ1) is 19.5. The number of nitrogens with one attached hydrogen (secondary N) is 1. The Labute approximate surface area is 232 Å². The van der Waals surface area contributed by atoms with Crippen LogP contribution in [0.25, 0.3) is 11.3 Å². The molecule has 3 N–H and O–H groups in total. The minimum absolute atomic E-state index is 0.00751. The molecule has 1 aliphatic heterocycles. The van der Waals surface area contributed by atoms with Gasteiger partial charge in [0.2, 0.25) is 0 Å². The summed E-state index contributed by atoms with van der Waals surface area (Å²) in [5.74, 6) is -4.80. The van der Waals surface area contributed by atoms with Gasteiger partial charge in [-0.2, -0.15) is 13.2 Å². The fourth-order valence-electron chi connectivity index (χ4n) is 5.05. The lowest BCUT2D eigenvalue weighted by atomic mass is 9.92. The number of carbonyl (C=O) groups excluding carboxylic acids is 1. The van der Waals surface area contributed by atoms with Gasteiger partial charge in [-0.15, -0.1) is 0 Å². The summed E-state index contributed by atoms with van der Waals surface area (Å²) in [6, 6.07) is 7.43. The van der Waals surface area contributed by atoms with Crippen molar-refractivity contribution in [1.82, 2.24) is 10.3 Å². The molecule has 0 radical (unpaired) electrons. The zero-order valence-electron chi connectivity index (χ0n) is 22.2. The molecule has 1 fully saturated rings. The van der Waals surface area contributed by atoms with Gasteiger partial charge in [0, 0.05) is 53.7 Å². The zero-order valence-corrected chi connectivity index (χ0v) is 22.2. The number of hydrogen-bond acceptors (Lipinski definition) is 6. The molecule has 0 spiro atoms. The molecule has 2 aromatic carbocycles. The Balaban J connectivity index is 1.51. The van der Waals surface area contributed by atoms with E-state index in [4.69, 9.17) is 15.2 Å². The molecule has 1 aliphatic carbocycles. The van der Waals surface area contributed by atoms with E-state index < -0.39 is 42.2 Å². The molecule has 2 heterocycles. The second-order valence-corrected chi connectivity index (χ2v) is 10.1. The number of fused-ring (bicyclic) bond motifs is 1. The highest BCUT2D eigenvalue weighted by Crippen LogP contribution is 2.50. The van der Waals surface area contributed by atoms with Crippen LogP contribution in [0, 0.1) is 17.6 Å². The minimum atomic E-state index is -4.59. The van der Waals surface area contributed by atoms with Gasteiger partial charge in [-0.05, 0) is 55.2 Å². The summed E-state index contributed by atoms with van der Waals surface area (Å²) in [6.45, 7) is -0.568. The van der Waals surface area contributed by atoms with Crippen LogP contribution in [-0.2, 0) is 0 Å². The van der Waals surface area contributed by atoms with Crippen LogP contribution in [0.1, 0.15) is 51.9 Å². The summed E-state index contributed by atoms with van der Waals surface area (Å²) in [7, 11) is 2.98. The number of pyridine rings is 1. The van der Waals surface area contributed by atoms with Crippen molar-refractivity contribution in [2.75, 3.05) is 33.0 Å². The average molecular weight is 575 g/mol. The molecule has 1 aromatic heterocycles. The molecule has 0 bridgehead atoms. The lowest BCUT2D eigenvalue weighted by molar-refractivity contribution is -0.151. The number of methoxy groups -OCH3 is 1. The average Bonchev–Trinajstić information content (AvgIpc) is 3.67. The summed E-state index contributed by atoms with van der Waals surface area (Å²) in [4.78, 5) is 21.7. The van der Waals surface area contributed by atoms with E-state index in [0.29, 0.717) is 22.7 Å². The monoisotopic (exact) mass is 574 g/mol. The Kier molecular flexibility index (Phi) is 7.58. The highest BCUT2D eigenvalue weighted by Gasteiger charge is 2.47. The van der Waals surface area contributed by atoms with Crippen molar-refractivity contribution >= 4 is 17.8 Å². The van der Waals surface area contributed by atoms with Gasteiger partial charge in [-0.3, -0.25) is 9.79 Å². The molecule has 5 rings (SSSR count). The Hall–Kier alpha value is -4.22. The van der Waals surface area contributed by atoms with Crippen LogP contribution in [-0.4, -0.2) is 50.6 Å². The number of benzene rings is 2. The summed E-state index contributed by atoms with van der Waals surface area (Å²) in [6.07, 6.45) is -1.50. The quantitative estimate of drug-likeness (QED) is 0.207. The molecule has 7 nitrogen and oxygen atoms in total. The maximum Gasteiger partial charge on any atom is 0.399 e. The number of nitrogens with two attached hydrogens (primary N) is 1. The first-order valence-corrected chi connectivity index (χ1v) is 12.9. The minimum Gasteiger partial charge on any atom is -0.495 e. The van der Waals surface area contributed by atoms with E-state index in [1.165, 1.54) is 31.5 Å². The Morgan fingerprint density at radius 2 is 1.98 bits per heavy atom. The largest absolute Gasteiger partial charge is 0.495 e. The van der Waals surface area contributed by atoms with Gasteiger partial charge in [-0.1, -0.05) is 0 Å². The van der Waals surface area contributed by atoms with Crippen molar-refractivity contribution < 1.29 is 36.2 Å². The predicted molar refractivity (Wildman–Crippen MR) is 143 cm³/mol. The molecule has 0 saturated heterocycles. The van der Waals surface area contributed by atoms with E-state index in [0.717, 1.165) is 25.0 Å². The molecule has 3 aromatic rings. The van der Waals surface area contributed by atoms with Crippen LogP contribution in [0.5, 0.6) is 11.5 Å². The molecule has 216 valence electrons. The maximum atomic E-state index is 14.1. The maximum absolute atomic E-state index is 14.1. The Bertz CT molecular complexity index is 1520. The normalized spacial score (nSPS) is 17.3. The standard InChI is InChI=1S/C29H27F5N4O3/c1-36-11-17-7-16(9-24(40-2)25(17)35)28(39)37-12-19(14-3-4-14)23-10-18-20(29(32,33)34)13-41-27(18)26(38-23)15-5-6-21(30)22(31)8-15/h5-11,14,19-20H,3-4,12-13,35H2,1-2H3,(H,37,39)/t19-,20?/m0/s1. The van der Waals surface area contributed by atoms with E-state index in [1.807, 2.05) is 0 Å². The number of rotatable bonds is 8. The van der Waals surface area contributed by atoms with E-state index >= 15 is 0 Å². The van der Waals surface area contributed by atoms with Crippen LogP contribution in [0.4, 0.5) is 27.6 Å². The van der Waals surface area contributed by atoms with E-state index in [-0.39, 0.29) is 40.6 Å². The number of aromatic nitrogens is 1. The molecule has 12 heteroatoms. The topological polar surface area (TPSA) is 98.8 Å². The van der Waals surface area contributed by atoms with E-state index in [1.54, 1.807) is 13.1 Å². The SMILES string of the molecule is CN=Cc1cc(C(=O)NC[C@H](c2cc3c(c(-c4ccc(F)c(F)c4)n2)OCC3C(F)(F)F)C2CC2)cc(OC)c1N.